The Kier molecular flexibility index (Phi) is 5.86. The van der Waals surface area contributed by atoms with Crippen LogP contribution < -0.4 is 10.2 Å². The molecule has 0 unspecified atom stereocenters. The number of aromatic nitrogens is 4. The third-order valence-electron chi connectivity index (χ3n) is 6.60. The largest absolute Gasteiger partial charge is 0.365 e. The lowest BCUT2D eigenvalue weighted by atomic mass is 10.1. The minimum Gasteiger partial charge on any atom is -0.365 e. The van der Waals surface area contributed by atoms with Crippen LogP contribution in [-0.2, 0) is 16.4 Å². The van der Waals surface area contributed by atoms with Crippen LogP contribution in [0.3, 0.4) is 0 Å². The van der Waals surface area contributed by atoms with Crippen LogP contribution in [0.5, 0.6) is 0 Å². The van der Waals surface area contributed by atoms with Crippen molar-refractivity contribution in [2.24, 2.45) is 0 Å². The number of sulfone groups is 1. The molecule has 0 aliphatic carbocycles. The van der Waals surface area contributed by atoms with Crippen LogP contribution in [0.15, 0.2) is 47.8 Å². The van der Waals surface area contributed by atoms with Crippen molar-refractivity contribution < 1.29 is 8.42 Å². The summed E-state index contributed by atoms with van der Waals surface area (Å²) in [6, 6.07) is 7.45. The van der Waals surface area contributed by atoms with Gasteiger partial charge in [-0.2, -0.15) is 4.98 Å². The number of rotatable bonds is 6. The van der Waals surface area contributed by atoms with E-state index in [1.165, 1.54) is 6.26 Å². The molecule has 0 bridgehead atoms. The van der Waals surface area contributed by atoms with Gasteiger partial charge in [0.05, 0.1) is 16.6 Å². The molecule has 3 aromatic heterocycles. The summed E-state index contributed by atoms with van der Waals surface area (Å²) in [6.45, 7) is 9.47. The van der Waals surface area contributed by atoms with Gasteiger partial charge in [-0.25, -0.2) is 18.4 Å². The van der Waals surface area contributed by atoms with Gasteiger partial charge in [0.2, 0.25) is 5.78 Å². The molecule has 1 fully saturated rings. The van der Waals surface area contributed by atoms with E-state index < -0.39 is 9.84 Å². The summed E-state index contributed by atoms with van der Waals surface area (Å²) in [5.74, 6) is 2.22. The lowest BCUT2D eigenvalue weighted by Crippen LogP contribution is -2.46. The van der Waals surface area contributed by atoms with Crippen LogP contribution in [-0.4, -0.2) is 71.6 Å². The predicted octanol–water partition coefficient (Wildman–Crippen LogP) is 2.74. The van der Waals surface area contributed by atoms with Gasteiger partial charge >= 0.3 is 0 Å². The maximum absolute atomic E-state index is 12.1. The Balaban J connectivity index is 1.51. The minimum atomic E-state index is -3.29. The fourth-order valence-corrected chi connectivity index (χ4v) is 5.59. The zero-order valence-electron chi connectivity index (χ0n) is 19.7. The Morgan fingerprint density at radius 3 is 2.65 bits per heavy atom. The van der Waals surface area contributed by atoms with Crippen LogP contribution in [0.1, 0.15) is 18.1 Å². The zero-order chi connectivity index (χ0) is 23.9. The summed E-state index contributed by atoms with van der Waals surface area (Å²) in [6.07, 6.45) is 6.73. The van der Waals surface area contributed by atoms with E-state index in [-0.39, 0.29) is 0 Å². The summed E-state index contributed by atoms with van der Waals surface area (Å²) in [5.41, 5.74) is 2.58. The van der Waals surface area contributed by atoms with Crippen molar-refractivity contribution in [2.45, 2.75) is 25.3 Å². The molecule has 4 heterocycles. The van der Waals surface area contributed by atoms with Crippen molar-refractivity contribution >= 4 is 38.2 Å². The first kappa shape index (κ1) is 22.5. The molecular formula is C24H29N7O2S. The quantitative estimate of drug-likeness (QED) is 0.451. The van der Waals surface area contributed by atoms with Crippen molar-refractivity contribution in [3.63, 3.8) is 0 Å². The molecule has 0 radical (unpaired) electrons. The third-order valence-corrected chi connectivity index (χ3v) is 7.84. The van der Waals surface area contributed by atoms with Crippen LogP contribution in [0, 0.1) is 6.92 Å². The van der Waals surface area contributed by atoms with E-state index in [0.29, 0.717) is 23.0 Å². The molecule has 0 atom stereocenters. The van der Waals surface area contributed by atoms with Crippen LogP contribution >= 0.6 is 0 Å². The molecule has 1 aliphatic rings. The summed E-state index contributed by atoms with van der Waals surface area (Å²) in [7, 11) is -3.29. The number of anilines is 2. The number of nitrogens with one attached hydrogen (secondary N) is 1. The minimum absolute atomic E-state index is 0.353. The SMILES string of the molecule is CCN1CCN(c2cc3c(NCc4cccc(S(C)(=O)=O)c4C)nc4nccn4c3cn2)CC1. The lowest BCUT2D eigenvalue weighted by molar-refractivity contribution is 0.270. The summed E-state index contributed by atoms with van der Waals surface area (Å²) in [4.78, 5) is 19.0. The van der Waals surface area contributed by atoms with Gasteiger partial charge in [0, 0.05) is 56.8 Å². The fourth-order valence-electron chi connectivity index (χ4n) is 4.58. The Bertz CT molecular complexity index is 1460. The molecule has 1 N–H and O–H groups in total. The Morgan fingerprint density at radius 2 is 1.91 bits per heavy atom. The number of hydrogen-bond donors (Lipinski definition) is 1. The molecule has 178 valence electrons. The number of benzene rings is 1. The summed E-state index contributed by atoms with van der Waals surface area (Å²) in [5, 5.41) is 4.39. The second kappa shape index (κ2) is 8.84. The molecule has 4 aromatic rings. The molecule has 0 amide bonds. The summed E-state index contributed by atoms with van der Waals surface area (Å²) < 4.78 is 26.2. The second-order valence-corrected chi connectivity index (χ2v) is 10.7. The van der Waals surface area contributed by atoms with Gasteiger partial charge < -0.3 is 15.1 Å². The van der Waals surface area contributed by atoms with Crippen LogP contribution in [0.4, 0.5) is 11.6 Å². The van der Waals surface area contributed by atoms with E-state index in [1.807, 2.05) is 29.8 Å². The molecule has 34 heavy (non-hydrogen) atoms. The van der Waals surface area contributed by atoms with E-state index in [1.54, 1.807) is 18.3 Å². The van der Waals surface area contributed by atoms with Gasteiger partial charge in [0.1, 0.15) is 11.6 Å². The highest BCUT2D eigenvalue weighted by Gasteiger charge is 2.19. The average Bonchev–Trinajstić information content (AvgIpc) is 3.31. The van der Waals surface area contributed by atoms with Crippen LogP contribution in [0.2, 0.25) is 0 Å². The average molecular weight is 480 g/mol. The number of nitrogens with zero attached hydrogens (tertiary/aromatic N) is 6. The van der Waals surface area contributed by atoms with E-state index in [9.17, 15) is 8.42 Å². The zero-order valence-corrected chi connectivity index (χ0v) is 20.5. The van der Waals surface area contributed by atoms with Gasteiger partial charge in [0.15, 0.2) is 9.84 Å². The number of imidazole rings is 1. The number of pyridine rings is 1. The standard InChI is InChI=1S/C24H29N7O2S/c1-4-29-10-12-30(13-11-29)22-14-19-20(16-26-22)31-9-8-25-24(31)28-23(19)27-15-18-6-5-7-21(17(18)2)34(3,32)33/h5-9,14,16H,4,10-13,15H2,1-3H3,(H,25,27,28). The van der Waals surface area contributed by atoms with E-state index in [2.05, 4.69) is 33.1 Å². The number of likely N-dealkylation sites (N-methyl/N-ethyl adjacent to an activating group) is 1. The first-order chi connectivity index (χ1) is 16.3. The number of fused-ring (bicyclic) bond motifs is 3. The van der Waals surface area contributed by atoms with E-state index in [0.717, 1.165) is 60.6 Å². The molecule has 1 aliphatic heterocycles. The molecular weight excluding hydrogens is 450 g/mol. The topological polar surface area (TPSA) is 95.7 Å². The molecule has 1 aromatic carbocycles. The highest BCUT2D eigenvalue weighted by Crippen LogP contribution is 2.28. The monoisotopic (exact) mass is 479 g/mol. The van der Waals surface area contributed by atoms with Gasteiger partial charge in [-0.05, 0) is 36.7 Å². The maximum Gasteiger partial charge on any atom is 0.236 e. The predicted molar refractivity (Wildman–Crippen MR) is 134 cm³/mol. The van der Waals surface area contributed by atoms with E-state index in [4.69, 9.17) is 9.97 Å². The fraction of sp³-hybridized carbons (Fsp3) is 0.375. The normalized spacial score (nSPS) is 15.3. The van der Waals surface area contributed by atoms with Crippen LogP contribution in [0.25, 0.3) is 16.7 Å². The van der Waals surface area contributed by atoms with Gasteiger partial charge in [-0.15, -0.1) is 0 Å². The third kappa shape index (κ3) is 4.19. The van der Waals surface area contributed by atoms with Crippen molar-refractivity contribution in [3.05, 3.63) is 54.0 Å². The molecule has 9 nitrogen and oxygen atoms in total. The van der Waals surface area contributed by atoms with Gasteiger partial charge in [-0.1, -0.05) is 19.1 Å². The summed E-state index contributed by atoms with van der Waals surface area (Å²) >= 11 is 0. The molecule has 0 spiro atoms. The number of hydrogen-bond acceptors (Lipinski definition) is 8. The highest BCUT2D eigenvalue weighted by molar-refractivity contribution is 7.90. The number of piperazine rings is 1. The lowest BCUT2D eigenvalue weighted by Gasteiger charge is -2.34. The molecule has 1 saturated heterocycles. The molecule has 0 saturated carbocycles. The van der Waals surface area contributed by atoms with E-state index >= 15 is 0 Å². The molecule has 10 heteroatoms. The van der Waals surface area contributed by atoms with Crippen molar-refractivity contribution in [1.82, 2.24) is 24.3 Å². The van der Waals surface area contributed by atoms with Crippen molar-refractivity contribution in [2.75, 3.05) is 49.2 Å². The maximum atomic E-state index is 12.1. The molecule has 5 rings (SSSR count). The van der Waals surface area contributed by atoms with Crippen molar-refractivity contribution in [3.8, 4) is 0 Å². The Labute approximate surface area is 199 Å². The Morgan fingerprint density at radius 1 is 1.12 bits per heavy atom. The van der Waals surface area contributed by atoms with Crippen molar-refractivity contribution in [1.29, 1.82) is 0 Å². The smallest absolute Gasteiger partial charge is 0.236 e. The van der Waals surface area contributed by atoms with Gasteiger partial charge in [0.25, 0.3) is 0 Å². The second-order valence-electron chi connectivity index (χ2n) is 8.70. The van der Waals surface area contributed by atoms with Gasteiger partial charge in [-0.3, -0.25) is 4.40 Å². The Hall–Kier alpha value is -3.24. The highest BCUT2D eigenvalue weighted by atomic mass is 32.2. The first-order valence-corrected chi connectivity index (χ1v) is 13.4. The first-order valence-electron chi connectivity index (χ1n) is 11.5.